The Labute approximate surface area is 121 Å². The zero-order valence-corrected chi connectivity index (χ0v) is 11.8. The van der Waals surface area contributed by atoms with Crippen LogP contribution in [0.1, 0.15) is 49.5 Å². The first-order valence-electron chi connectivity index (χ1n) is 5.67. The van der Waals surface area contributed by atoms with E-state index in [1.165, 1.54) is 25.1 Å². The quantitative estimate of drug-likeness (QED) is 0.691. The van der Waals surface area contributed by atoms with Crippen LogP contribution in [0.3, 0.4) is 0 Å². The van der Waals surface area contributed by atoms with Crippen LogP contribution in [-0.2, 0) is 0 Å². The number of halogens is 1. The number of hydrogen-bond donors (Lipinski definition) is 1. The summed E-state index contributed by atoms with van der Waals surface area (Å²) < 4.78 is 5.46. The number of phenolic OH excluding ortho intramolecular Hbond substituents is 1. The molecule has 20 heavy (non-hydrogen) atoms. The van der Waals surface area contributed by atoms with Gasteiger partial charge in [0.1, 0.15) is 5.75 Å². The number of phenols is 1. The van der Waals surface area contributed by atoms with Crippen LogP contribution in [0.4, 0.5) is 0 Å². The average molecular weight is 335 g/mol. The van der Waals surface area contributed by atoms with Gasteiger partial charge in [-0.2, -0.15) is 0 Å². The number of furan rings is 1. The van der Waals surface area contributed by atoms with Gasteiger partial charge in [0.15, 0.2) is 23.1 Å². The van der Waals surface area contributed by atoms with E-state index >= 15 is 0 Å². The van der Waals surface area contributed by atoms with Crippen LogP contribution in [0.15, 0.2) is 27.1 Å². The van der Waals surface area contributed by atoms with Gasteiger partial charge in [0, 0.05) is 12.5 Å². The Kier molecular flexibility index (Phi) is 2.65. The van der Waals surface area contributed by atoms with Crippen molar-refractivity contribution in [3.05, 3.63) is 50.9 Å². The van der Waals surface area contributed by atoms with Crippen molar-refractivity contribution in [1.29, 1.82) is 0 Å². The fraction of sp³-hybridized carbons (Fsp3) is 0.0714. The summed E-state index contributed by atoms with van der Waals surface area (Å²) in [6, 6.07) is 4.19. The molecule has 1 heterocycles. The standard InChI is InChI=1S/C14H7BrO5/c1-5(16)9-4-7-11(17)6-2-3-8(15)12(18)10(6)13(19)14(7)20-9/h2-4,18H,1H3. The van der Waals surface area contributed by atoms with Crippen molar-refractivity contribution in [2.45, 2.75) is 6.92 Å². The zero-order chi connectivity index (χ0) is 14.6. The van der Waals surface area contributed by atoms with Gasteiger partial charge >= 0.3 is 0 Å². The molecule has 0 bridgehead atoms. The lowest BCUT2D eigenvalue weighted by molar-refractivity contribution is 0.0945. The molecule has 1 aromatic carbocycles. The Bertz CT molecular complexity index is 800. The van der Waals surface area contributed by atoms with E-state index in [1.807, 2.05) is 0 Å². The monoisotopic (exact) mass is 334 g/mol. The van der Waals surface area contributed by atoms with Crippen molar-refractivity contribution in [3.8, 4) is 5.75 Å². The Balaban J connectivity index is 2.31. The van der Waals surface area contributed by atoms with Crippen LogP contribution < -0.4 is 0 Å². The molecule has 1 aliphatic carbocycles. The third kappa shape index (κ3) is 1.58. The summed E-state index contributed by atoms with van der Waals surface area (Å²) in [5.41, 5.74) is 0.0369. The van der Waals surface area contributed by atoms with Crippen LogP contribution in [0.5, 0.6) is 5.75 Å². The highest BCUT2D eigenvalue weighted by molar-refractivity contribution is 9.10. The second kappa shape index (κ2) is 4.14. The second-order valence-corrected chi connectivity index (χ2v) is 5.24. The number of Topliss-reactive ketones (excluding diaryl/α,β-unsaturated/α-hetero) is 1. The summed E-state index contributed by atoms with van der Waals surface area (Å²) in [6.45, 7) is 1.28. The fourth-order valence-corrected chi connectivity index (χ4v) is 2.48. The molecular formula is C14H7BrO5. The first kappa shape index (κ1) is 12.8. The Morgan fingerprint density at radius 3 is 2.55 bits per heavy atom. The van der Waals surface area contributed by atoms with Gasteiger partial charge in [0.05, 0.1) is 15.6 Å². The molecule has 6 heteroatoms. The number of carbonyl (C=O) groups excluding carboxylic acids is 3. The topological polar surface area (TPSA) is 84.6 Å². The van der Waals surface area contributed by atoms with Crippen molar-refractivity contribution < 1.29 is 23.9 Å². The predicted molar refractivity (Wildman–Crippen MR) is 71.4 cm³/mol. The van der Waals surface area contributed by atoms with Crippen LogP contribution in [0.25, 0.3) is 0 Å². The lowest BCUT2D eigenvalue weighted by Gasteiger charge is -2.14. The molecule has 5 nitrogen and oxygen atoms in total. The van der Waals surface area contributed by atoms with Gasteiger partial charge in [-0.15, -0.1) is 0 Å². The predicted octanol–water partition coefficient (Wildman–Crippen LogP) is 2.73. The van der Waals surface area contributed by atoms with E-state index in [0.717, 1.165) is 0 Å². The lowest BCUT2D eigenvalue weighted by atomic mass is 9.88. The summed E-state index contributed by atoms with van der Waals surface area (Å²) in [5.74, 6) is -2.01. The van der Waals surface area contributed by atoms with Crippen molar-refractivity contribution >= 4 is 33.3 Å². The maximum absolute atomic E-state index is 12.3. The first-order chi connectivity index (χ1) is 9.41. The third-order valence-electron chi connectivity index (χ3n) is 3.13. The van der Waals surface area contributed by atoms with Crippen molar-refractivity contribution in [2.75, 3.05) is 0 Å². The van der Waals surface area contributed by atoms with Crippen molar-refractivity contribution in [1.82, 2.24) is 0 Å². The molecule has 0 aliphatic heterocycles. The van der Waals surface area contributed by atoms with Gasteiger partial charge in [-0.05, 0) is 34.1 Å². The first-order valence-corrected chi connectivity index (χ1v) is 6.46. The van der Waals surface area contributed by atoms with E-state index in [2.05, 4.69) is 15.9 Å². The number of carbonyl (C=O) groups is 3. The maximum Gasteiger partial charge on any atom is 0.233 e. The lowest BCUT2D eigenvalue weighted by Crippen LogP contribution is -2.19. The van der Waals surface area contributed by atoms with Crippen molar-refractivity contribution in [3.63, 3.8) is 0 Å². The van der Waals surface area contributed by atoms with Crippen LogP contribution >= 0.6 is 15.9 Å². The highest BCUT2D eigenvalue weighted by atomic mass is 79.9. The highest BCUT2D eigenvalue weighted by Crippen LogP contribution is 2.38. The molecule has 0 atom stereocenters. The molecule has 0 fully saturated rings. The minimum atomic E-state index is -0.610. The summed E-state index contributed by atoms with van der Waals surface area (Å²) in [4.78, 5) is 35.9. The molecule has 0 spiro atoms. The normalized spacial score (nSPS) is 13.1. The van der Waals surface area contributed by atoms with Gasteiger partial charge in [-0.1, -0.05) is 0 Å². The van der Waals surface area contributed by atoms with Gasteiger partial charge < -0.3 is 9.52 Å². The maximum atomic E-state index is 12.3. The van der Waals surface area contributed by atoms with E-state index in [4.69, 9.17) is 4.42 Å². The van der Waals surface area contributed by atoms with Crippen molar-refractivity contribution in [2.24, 2.45) is 0 Å². The largest absolute Gasteiger partial charge is 0.506 e. The smallest absolute Gasteiger partial charge is 0.233 e. The van der Waals surface area contributed by atoms with E-state index in [-0.39, 0.29) is 39.7 Å². The number of ketones is 3. The summed E-state index contributed by atoms with van der Waals surface area (Å²) >= 11 is 3.09. The molecule has 0 radical (unpaired) electrons. The molecular weight excluding hydrogens is 328 g/mol. The van der Waals surface area contributed by atoms with Gasteiger partial charge in [-0.25, -0.2) is 0 Å². The molecule has 0 amide bonds. The minimum absolute atomic E-state index is 0.0504. The van der Waals surface area contributed by atoms with E-state index in [0.29, 0.717) is 4.47 Å². The van der Waals surface area contributed by atoms with Gasteiger partial charge in [0.25, 0.3) is 0 Å². The van der Waals surface area contributed by atoms with E-state index in [9.17, 15) is 19.5 Å². The number of fused-ring (bicyclic) bond motifs is 2. The van der Waals surface area contributed by atoms with Crippen LogP contribution in [-0.4, -0.2) is 22.5 Å². The van der Waals surface area contributed by atoms with E-state index in [1.54, 1.807) is 0 Å². The molecule has 1 N–H and O–H groups in total. The fourth-order valence-electron chi connectivity index (χ4n) is 2.15. The number of benzene rings is 1. The number of hydrogen-bond acceptors (Lipinski definition) is 5. The summed E-state index contributed by atoms with van der Waals surface area (Å²) in [6.07, 6.45) is 0. The summed E-state index contributed by atoms with van der Waals surface area (Å²) in [7, 11) is 0. The molecule has 2 aromatic rings. The zero-order valence-electron chi connectivity index (χ0n) is 10.2. The molecule has 3 rings (SSSR count). The number of aromatic hydroxyl groups is 1. The van der Waals surface area contributed by atoms with Gasteiger partial charge in [-0.3, -0.25) is 14.4 Å². The third-order valence-corrected chi connectivity index (χ3v) is 3.77. The number of rotatable bonds is 1. The van der Waals surface area contributed by atoms with E-state index < -0.39 is 11.6 Å². The second-order valence-electron chi connectivity index (χ2n) is 4.39. The van der Waals surface area contributed by atoms with Crippen LogP contribution in [0.2, 0.25) is 0 Å². The summed E-state index contributed by atoms with van der Waals surface area (Å²) in [5, 5.41) is 9.94. The minimum Gasteiger partial charge on any atom is -0.506 e. The Hall–Kier alpha value is -2.21. The molecule has 1 aromatic heterocycles. The average Bonchev–Trinajstić information content (AvgIpc) is 2.85. The highest BCUT2D eigenvalue weighted by Gasteiger charge is 2.36. The molecule has 0 saturated heterocycles. The van der Waals surface area contributed by atoms with Gasteiger partial charge in [0.2, 0.25) is 5.78 Å². The SMILES string of the molecule is CC(=O)c1cc2c(o1)C(=O)c1c(ccc(Br)c1O)C2=O. The molecule has 0 saturated carbocycles. The Morgan fingerprint density at radius 1 is 1.20 bits per heavy atom. The molecule has 0 unspecified atom stereocenters. The molecule has 1 aliphatic rings. The van der Waals surface area contributed by atoms with Crippen LogP contribution in [0, 0.1) is 0 Å². The Morgan fingerprint density at radius 2 is 1.90 bits per heavy atom. The molecule has 100 valence electrons.